The first-order chi connectivity index (χ1) is 12.3. The first-order valence-corrected chi connectivity index (χ1v) is 9.13. The predicted molar refractivity (Wildman–Crippen MR) is 103 cm³/mol. The molecular weight excluding hydrogens is 355 g/mol. The zero-order valence-corrected chi connectivity index (χ0v) is 16.6. The van der Waals surface area contributed by atoms with E-state index in [-0.39, 0.29) is 22.3 Å². The molecule has 26 heavy (non-hydrogen) atoms. The molecular formula is C20H24ClFN2O2. The van der Waals surface area contributed by atoms with Gasteiger partial charge < -0.3 is 10.1 Å². The fourth-order valence-corrected chi connectivity index (χ4v) is 3.40. The quantitative estimate of drug-likeness (QED) is 0.745. The second kappa shape index (κ2) is 8.49. The molecule has 0 aliphatic heterocycles. The van der Waals surface area contributed by atoms with Gasteiger partial charge in [0.1, 0.15) is 5.82 Å². The van der Waals surface area contributed by atoms with Gasteiger partial charge >= 0.3 is 0 Å². The van der Waals surface area contributed by atoms with Gasteiger partial charge in [0.15, 0.2) is 5.75 Å². The number of amides is 1. The Kier molecular flexibility index (Phi) is 6.59. The first-order valence-electron chi connectivity index (χ1n) is 8.76. The molecule has 6 heteroatoms. The van der Waals surface area contributed by atoms with Crippen molar-refractivity contribution in [1.29, 1.82) is 0 Å². The highest BCUT2D eigenvalue weighted by Crippen LogP contribution is 2.34. The molecule has 1 amide bonds. The number of rotatable bonds is 6. The van der Waals surface area contributed by atoms with Gasteiger partial charge in [0.2, 0.25) is 0 Å². The molecule has 1 N–H and O–H groups in total. The van der Waals surface area contributed by atoms with Crippen LogP contribution in [-0.4, -0.2) is 17.5 Å². The summed E-state index contributed by atoms with van der Waals surface area (Å²) in [6.45, 7) is 9.62. The molecule has 2 aromatic rings. The minimum absolute atomic E-state index is 0.243. The van der Waals surface area contributed by atoms with E-state index in [4.69, 9.17) is 16.3 Å². The zero-order chi connectivity index (χ0) is 19.4. The number of anilines is 1. The van der Waals surface area contributed by atoms with Gasteiger partial charge in [-0.05, 0) is 56.9 Å². The maximum absolute atomic E-state index is 13.8. The maximum atomic E-state index is 13.8. The molecule has 1 aromatic heterocycles. The molecule has 0 aliphatic rings. The molecule has 0 fully saturated rings. The SMILES string of the molecule is CCOc1c(C)nc(C)c(C(=O)Nc2c(CC)cc(F)cc2CC)c1Cl. The standard InChI is InChI=1S/C20H24ClFN2O2/c1-6-13-9-15(22)10-14(7-2)18(13)24-20(25)16-11(4)23-12(5)19(17(16)21)26-8-3/h9-10H,6-8H2,1-5H3,(H,24,25). The minimum Gasteiger partial charge on any atom is -0.490 e. The zero-order valence-electron chi connectivity index (χ0n) is 15.8. The Morgan fingerprint density at radius 2 is 1.73 bits per heavy atom. The number of nitrogens with zero attached hydrogens (tertiary/aromatic N) is 1. The summed E-state index contributed by atoms with van der Waals surface area (Å²) >= 11 is 6.45. The average Bonchev–Trinajstić information content (AvgIpc) is 2.59. The van der Waals surface area contributed by atoms with Gasteiger partial charge in [0, 0.05) is 5.69 Å². The van der Waals surface area contributed by atoms with E-state index in [0.29, 0.717) is 42.3 Å². The van der Waals surface area contributed by atoms with Crippen LogP contribution in [0.4, 0.5) is 10.1 Å². The van der Waals surface area contributed by atoms with Gasteiger partial charge in [-0.1, -0.05) is 25.4 Å². The van der Waals surface area contributed by atoms with E-state index >= 15 is 0 Å². The number of carbonyl (C=O) groups is 1. The van der Waals surface area contributed by atoms with E-state index in [1.165, 1.54) is 12.1 Å². The largest absolute Gasteiger partial charge is 0.490 e. The monoisotopic (exact) mass is 378 g/mol. The van der Waals surface area contributed by atoms with Crippen LogP contribution in [-0.2, 0) is 12.8 Å². The summed E-state index contributed by atoms with van der Waals surface area (Å²) in [5.74, 6) is -0.269. The van der Waals surface area contributed by atoms with Crippen LogP contribution in [0.25, 0.3) is 0 Å². The van der Waals surface area contributed by atoms with Crippen molar-refractivity contribution in [2.75, 3.05) is 11.9 Å². The molecule has 1 heterocycles. The van der Waals surface area contributed by atoms with Crippen molar-refractivity contribution in [2.24, 2.45) is 0 Å². The highest BCUT2D eigenvalue weighted by Gasteiger charge is 2.22. The van der Waals surface area contributed by atoms with Crippen molar-refractivity contribution in [2.45, 2.75) is 47.5 Å². The van der Waals surface area contributed by atoms with E-state index in [0.717, 1.165) is 11.1 Å². The minimum atomic E-state index is -0.378. The van der Waals surface area contributed by atoms with Gasteiger partial charge in [-0.15, -0.1) is 0 Å². The summed E-state index contributed by atoms with van der Waals surface area (Å²) < 4.78 is 19.3. The second-order valence-electron chi connectivity index (χ2n) is 5.99. The number of pyridine rings is 1. The van der Waals surface area contributed by atoms with Crippen molar-refractivity contribution in [3.63, 3.8) is 0 Å². The summed E-state index contributed by atoms with van der Waals surface area (Å²) in [5.41, 5.74) is 3.55. The van der Waals surface area contributed by atoms with E-state index < -0.39 is 0 Å². The van der Waals surface area contributed by atoms with Crippen molar-refractivity contribution >= 4 is 23.2 Å². The molecule has 0 aliphatic carbocycles. The number of hydrogen-bond donors (Lipinski definition) is 1. The lowest BCUT2D eigenvalue weighted by Gasteiger charge is -2.18. The smallest absolute Gasteiger partial charge is 0.259 e. The van der Waals surface area contributed by atoms with Crippen LogP contribution >= 0.6 is 11.6 Å². The first kappa shape index (κ1) is 20.2. The molecule has 2 rings (SSSR count). The Morgan fingerprint density at radius 1 is 1.15 bits per heavy atom. The topological polar surface area (TPSA) is 51.2 Å². The molecule has 0 saturated heterocycles. The molecule has 0 bridgehead atoms. The molecule has 0 unspecified atom stereocenters. The van der Waals surface area contributed by atoms with Crippen molar-refractivity contribution in [3.05, 3.63) is 51.1 Å². The van der Waals surface area contributed by atoms with E-state index in [9.17, 15) is 9.18 Å². The van der Waals surface area contributed by atoms with Crippen LogP contribution in [0.15, 0.2) is 12.1 Å². The number of aromatic nitrogens is 1. The third kappa shape index (κ3) is 3.98. The van der Waals surface area contributed by atoms with Gasteiger partial charge in [-0.25, -0.2) is 4.39 Å². The summed E-state index contributed by atoms with van der Waals surface area (Å²) in [7, 11) is 0. The number of carbonyl (C=O) groups excluding carboxylic acids is 1. The summed E-state index contributed by atoms with van der Waals surface area (Å²) in [4.78, 5) is 17.3. The molecule has 0 saturated carbocycles. The fourth-order valence-electron chi connectivity index (χ4n) is 2.98. The van der Waals surface area contributed by atoms with E-state index in [1.54, 1.807) is 13.8 Å². The molecule has 4 nitrogen and oxygen atoms in total. The fraction of sp³-hybridized carbons (Fsp3) is 0.400. The Bertz CT molecular complexity index is 812. The summed E-state index contributed by atoms with van der Waals surface area (Å²) in [6.07, 6.45) is 1.20. The Hall–Kier alpha value is -2.14. The Morgan fingerprint density at radius 3 is 2.23 bits per heavy atom. The van der Waals surface area contributed by atoms with E-state index in [1.807, 2.05) is 20.8 Å². The highest BCUT2D eigenvalue weighted by atomic mass is 35.5. The summed E-state index contributed by atoms with van der Waals surface area (Å²) in [6, 6.07) is 2.89. The third-order valence-electron chi connectivity index (χ3n) is 4.23. The molecule has 0 atom stereocenters. The normalized spacial score (nSPS) is 10.7. The van der Waals surface area contributed by atoms with Gasteiger partial charge in [-0.3, -0.25) is 9.78 Å². The van der Waals surface area contributed by atoms with Gasteiger partial charge in [-0.2, -0.15) is 0 Å². The van der Waals surface area contributed by atoms with Crippen molar-refractivity contribution < 1.29 is 13.9 Å². The van der Waals surface area contributed by atoms with Crippen molar-refractivity contribution in [3.8, 4) is 5.75 Å². The average molecular weight is 379 g/mol. The lowest BCUT2D eigenvalue weighted by molar-refractivity contribution is 0.102. The predicted octanol–water partition coefficient (Wildman–Crippen LogP) is 5.27. The lowest BCUT2D eigenvalue weighted by atomic mass is 10.0. The second-order valence-corrected chi connectivity index (χ2v) is 6.37. The van der Waals surface area contributed by atoms with Crippen LogP contribution in [0.3, 0.4) is 0 Å². The molecule has 140 valence electrons. The highest BCUT2D eigenvalue weighted by molar-refractivity contribution is 6.36. The molecule has 1 aromatic carbocycles. The van der Waals surface area contributed by atoms with Crippen LogP contribution < -0.4 is 10.1 Å². The number of aryl methyl sites for hydroxylation is 4. The lowest BCUT2D eigenvalue weighted by Crippen LogP contribution is -2.18. The number of nitrogens with one attached hydrogen (secondary N) is 1. The summed E-state index contributed by atoms with van der Waals surface area (Å²) in [5, 5.41) is 3.15. The Labute approximate surface area is 158 Å². The van der Waals surface area contributed by atoms with Crippen LogP contribution in [0.5, 0.6) is 5.75 Å². The van der Waals surface area contributed by atoms with Gasteiger partial charge in [0.25, 0.3) is 5.91 Å². The molecule has 0 radical (unpaired) electrons. The maximum Gasteiger partial charge on any atom is 0.259 e. The number of ether oxygens (including phenoxy) is 1. The number of halogens is 2. The van der Waals surface area contributed by atoms with Crippen molar-refractivity contribution in [1.82, 2.24) is 4.98 Å². The van der Waals surface area contributed by atoms with Crippen LogP contribution in [0.1, 0.15) is 53.6 Å². The number of hydrogen-bond acceptors (Lipinski definition) is 3. The van der Waals surface area contributed by atoms with Crippen LogP contribution in [0, 0.1) is 19.7 Å². The van der Waals surface area contributed by atoms with Gasteiger partial charge in [0.05, 0.1) is 28.6 Å². The molecule has 0 spiro atoms. The Balaban J connectivity index is 2.51. The van der Waals surface area contributed by atoms with Crippen LogP contribution in [0.2, 0.25) is 5.02 Å². The third-order valence-corrected chi connectivity index (χ3v) is 4.59. The number of benzene rings is 1. The van der Waals surface area contributed by atoms with E-state index in [2.05, 4.69) is 10.3 Å².